The molecule has 0 atom stereocenters. The predicted molar refractivity (Wildman–Crippen MR) is 66.5 cm³/mol. The van der Waals surface area contributed by atoms with E-state index < -0.39 is 0 Å². The van der Waals surface area contributed by atoms with Crippen LogP contribution in [0.2, 0.25) is 0 Å². The Morgan fingerprint density at radius 3 is 2.56 bits per heavy atom. The standard InChI is InChI=1S/C15H15N/c1-10-8-14-12(9-16-10)11-6-4-5-7-13(11)15(14,2)3/h4-9H,1-3H3. The monoisotopic (exact) mass is 209 g/mol. The summed E-state index contributed by atoms with van der Waals surface area (Å²) in [6.07, 6.45) is 2.01. The van der Waals surface area contributed by atoms with Gasteiger partial charge in [-0.25, -0.2) is 0 Å². The summed E-state index contributed by atoms with van der Waals surface area (Å²) in [5.74, 6) is 0. The van der Waals surface area contributed by atoms with Crippen LogP contribution in [0.3, 0.4) is 0 Å². The molecule has 1 aliphatic carbocycles. The van der Waals surface area contributed by atoms with E-state index in [0.717, 1.165) is 5.69 Å². The first-order valence-corrected chi connectivity index (χ1v) is 5.68. The zero-order chi connectivity index (χ0) is 11.3. The van der Waals surface area contributed by atoms with Crippen molar-refractivity contribution >= 4 is 0 Å². The van der Waals surface area contributed by atoms with Gasteiger partial charge in [0.1, 0.15) is 0 Å². The molecule has 3 rings (SSSR count). The second-order valence-corrected chi connectivity index (χ2v) is 5.04. The Kier molecular flexibility index (Phi) is 1.76. The van der Waals surface area contributed by atoms with E-state index in [1.165, 1.54) is 22.3 Å². The van der Waals surface area contributed by atoms with Gasteiger partial charge in [-0.05, 0) is 29.7 Å². The van der Waals surface area contributed by atoms with Crippen LogP contribution in [0.25, 0.3) is 11.1 Å². The van der Waals surface area contributed by atoms with Gasteiger partial charge in [0, 0.05) is 22.9 Å². The van der Waals surface area contributed by atoms with Gasteiger partial charge in [0.25, 0.3) is 0 Å². The van der Waals surface area contributed by atoms with Crippen LogP contribution in [0.15, 0.2) is 36.5 Å². The van der Waals surface area contributed by atoms with Gasteiger partial charge < -0.3 is 0 Å². The molecule has 0 bridgehead atoms. The van der Waals surface area contributed by atoms with Crippen LogP contribution in [-0.2, 0) is 5.41 Å². The normalized spacial score (nSPS) is 15.7. The molecule has 0 saturated carbocycles. The van der Waals surface area contributed by atoms with E-state index in [9.17, 15) is 0 Å². The lowest BCUT2D eigenvalue weighted by atomic mass is 9.82. The number of fused-ring (bicyclic) bond motifs is 3. The first kappa shape index (κ1) is 9.59. The highest BCUT2D eigenvalue weighted by molar-refractivity contribution is 5.80. The maximum Gasteiger partial charge on any atom is 0.0376 e. The van der Waals surface area contributed by atoms with Crippen LogP contribution in [0, 0.1) is 6.92 Å². The molecule has 1 aromatic carbocycles. The Morgan fingerprint density at radius 1 is 1.00 bits per heavy atom. The molecule has 0 saturated heterocycles. The molecular weight excluding hydrogens is 194 g/mol. The van der Waals surface area contributed by atoms with E-state index >= 15 is 0 Å². The van der Waals surface area contributed by atoms with Crippen LogP contribution in [-0.4, -0.2) is 4.98 Å². The Morgan fingerprint density at radius 2 is 1.75 bits per heavy atom. The number of hydrogen-bond donors (Lipinski definition) is 0. The van der Waals surface area contributed by atoms with Gasteiger partial charge >= 0.3 is 0 Å². The first-order valence-electron chi connectivity index (χ1n) is 5.68. The van der Waals surface area contributed by atoms with Crippen molar-refractivity contribution < 1.29 is 0 Å². The lowest BCUT2D eigenvalue weighted by Crippen LogP contribution is -2.15. The zero-order valence-corrected chi connectivity index (χ0v) is 9.91. The summed E-state index contributed by atoms with van der Waals surface area (Å²) in [5, 5.41) is 0. The van der Waals surface area contributed by atoms with Gasteiger partial charge in [-0.2, -0.15) is 0 Å². The maximum absolute atomic E-state index is 4.42. The van der Waals surface area contributed by atoms with Crippen LogP contribution in [0.1, 0.15) is 30.7 Å². The summed E-state index contributed by atoms with van der Waals surface area (Å²) in [4.78, 5) is 4.42. The number of aromatic nitrogens is 1. The Hall–Kier alpha value is -1.63. The highest BCUT2D eigenvalue weighted by Crippen LogP contribution is 2.48. The fourth-order valence-electron chi connectivity index (χ4n) is 2.70. The molecule has 1 aliphatic rings. The minimum absolute atomic E-state index is 0.111. The summed E-state index contributed by atoms with van der Waals surface area (Å²) in [5.41, 5.74) is 6.67. The first-order chi connectivity index (χ1) is 7.60. The van der Waals surface area contributed by atoms with Crippen molar-refractivity contribution in [2.45, 2.75) is 26.2 Å². The fraction of sp³-hybridized carbons (Fsp3) is 0.267. The van der Waals surface area contributed by atoms with E-state index in [1.54, 1.807) is 0 Å². The number of rotatable bonds is 0. The molecule has 1 heteroatoms. The zero-order valence-electron chi connectivity index (χ0n) is 9.91. The van der Waals surface area contributed by atoms with Gasteiger partial charge in [0.2, 0.25) is 0 Å². The topological polar surface area (TPSA) is 12.9 Å². The van der Waals surface area contributed by atoms with E-state index in [2.05, 4.69) is 56.1 Å². The second kappa shape index (κ2) is 2.94. The van der Waals surface area contributed by atoms with Gasteiger partial charge in [-0.1, -0.05) is 38.1 Å². The van der Waals surface area contributed by atoms with Crippen LogP contribution in [0.5, 0.6) is 0 Å². The minimum atomic E-state index is 0.111. The largest absolute Gasteiger partial charge is 0.261 e. The van der Waals surface area contributed by atoms with Gasteiger partial charge in [0.15, 0.2) is 0 Å². The van der Waals surface area contributed by atoms with E-state index in [-0.39, 0.29) is 5.41 Å². The quantitative estimate of drug-likeness (QED) is 0.644. The average molecular weight is 209 g/mol. The maximum atomic E-state index is 4.42. The lowest BCUT2D eigenvalue weighted by Gasteiger charge is -2.21. The third-order valence-corrected chi connectivity index (χ3v) is 3.60. The number of pyridine rings is 1. The third kappa shape index (κ3) is 1.09. The molecule has 0 unspecified atom stereocenters. The summed E-state index contributed by atoms with van der Waals surface area (Å²) < 4.78 is 0. The highest BCUT2D eigenvalue weighted by atomic mass is 14.7. The predicted octanol–water partition coefficient (Wildman–Crippen LogP) is 3.70. The van der Waals surface area contributed by atoms with Crippen LogP contribution >= 0.6 is 0 Å². The average Bonchev–Trinajstić information content (AvgIpc) is 2.49. The van der Waals surface area contributed by atoms with E-state index in [0.29, 0.717) is 0 Å². The summed E-state index contributed by atoms with van der Waals surface area (Å²) in [7, 11) is 0. The highest BCUT2D eigenvalue weighted by Gasteiger charge is 2.35. The molecule has 0 N–H and O–H groups in total. The van der Waals surface area contributed by atoms with Crippen LogP contribution < -0.4 is 0 Å². The number of nitrogens with zero attached hydrogens (tertiary/aromatic N) is 1. The van der Waals surface area contributed by atoms with Crippen molar-refractivity contribution in [3.63, 3.8) is 0 Å². The molecule has 0 aliphatic heterocycles. The Labute approximate surface area is 96.2 Å². The van der Waals surface area contributed by atoms with Crippen LogP contribution in [0.4, 0.5) is 0 Å². The second-order valence-electron chi connectivity index (χ2n) is 5.04. The molecule has 2 aromatic rings. The fourth-order valence-corrected chi connectivity index (χ4v) is 2.70. The smallest absolute Gasteiger partial charge is 0.0376 e. The van der Waals surface area contributed by atoms with Gasteiger partial charge in [0.05, 0.1) is 0 Å². The third-order valence-electron chi connectivity index (χ3n) is 3.60. The molecule has 1 nitrogen and oxygen atoms in total. The Bertz CT molecular complexity index is 567. The van der Waals surface area contributed by atoms with Gasteiger partial charge in [-0.3, -0.25) is 4.98 Å². The van der Waals surface area contributed by atoms with Crippen molar-refractivity contribution in [2.75, 3.05) is 0 Å². The van der Waals surface area contributed by atoms with Gasteiger partial charge in [-0.15, -0.1) is 0 Å². The summed E-state index contributed by atoms with van der Waals surface area (Å²) in [6, 6.07) is 10.9. The minimum Gasteiger partial charge on any atom is -0.261 e. The molecule has 16 heavy (non-hydrogen) atoms. The van der Waals surface area contributed by atoms with E-state index in [4.69, 9.17) is 0 Å². The van der Waals surface area contributed by atoms with Crippen molar-refractivity contribution in [1.82, 2.24) is 4.98 Å². The van der Waals surface area contributed by atoms with E-state index in [1.807, 2.05) is 6.20 Å². The van der Waals surface area contributed by atoms with Crippen molar-refractivity contribution in [3.8, 4) is 11.1 Å². The van der Waals surface area contributed by atoms with Crippen molar-refractivity contribution in [3.05, 3.63) is 53.3 Å². The lowest BCUT2D eigenvalue weighted by molar-refractivity contribution is 0.658. The van der Waals surface area contributed by atoms with Crippen molar-refractivity contribution in [2.24, 2.45) is 0 Å². The molecule has 0 amide bonds. The molecule has 1 aromatic heterocycles. The number of aryl methyl sites for hydroxylation is 1. The molecule has 0 fully saturated rings. The summed E-state index contributed by atoms with van der Waals surface area (Å²) >= 11 is 0. The molecule has 1 heterocycles. The SMILES string of the molecule is Cc1cc2c(cn1)-c1ccccc1C2(C)C. The molecule has 0 radical (unpaired) electrons. The summed E-state index contributed by atoms with van der Waals surface area (Å²) in [6.45, 7) is 6.63. The molecule has 0 spiro atoms. The number of hydrogen-bond acceptors (Lipinski definition) is 1. The van der Waals surface area contributed by atoms with Crippen molar-refractivity contribution in [1.29, 1.82) is 0 Å². The Balaban J connectivity index is 2.39. The molecule has 80 valence electrons. The number of benzene rings is 1. The molecular formula is C15H15N.